The average Bonchev–Trinajstić information content (AvgIpc) is 2.89. The van der Waals surface area contributed by atoms with Gasteiger partial charge in [-0.15, -0.1) is 0 Å². The molecule has 0 N–H and O–H groups in total. The summed E-state index contributed by atoms with van der Waals surface area (Å²) in [6.07, 6.45) is -4.35. The van der Waals surface area contributed by atoms with Crippen LogP contribution in [0.5, 0.6) is 0 Å². The highest BCUT2D eigenvalue weighted by Gasteiger charge is 2.30. The molecule has 1 aromatic heterocycles. The number of rotatable bonds is 2. The molecule has 23 heavy (non-hydrogen) atoms. The van der Waals surface area contributed by atoms with Crippen molar-refractivity contribution < 1.29 is 13.2 Å². The number of alkyl halides is 3. The minimum Gasteiger partial charge on any atom is -0.213 e. The van der Waals surface area contributed by atoms with Crippen LogP contribution >= 0.6 is 0 Å². The lowest BCUT2D eigenvalue weighted by atomic mass is 10.1. The van der Waals surface area contributed by atoms with Crippen LogP contribution in [0.3, 0.4) is 0 Å². The number of benzene rings is 2. The molecule has 0 unspecified atom stereocenters. The third-order valence-electron chi connectivity index (χ3n) is 3.53. The molecule has 0 aliphatic rings. The van der Waals surface area contributed by atoms with Crippen molar-refractivity contribution in [3.63, 3.8) is 0 Å². The topological polar surface area (TPSA) is 30.7 Å². The molecule has 0 aliphatic carbocycles. The number of para-hydroxylation sites is 1. The molecule has 118 valence electrons. The molecule has 0 amide bonds. The summed E-state index contributed by atoms with van der Waals surface area (Å²) in [5, 5.41) is 4.37. The van der Waals surface area contributed by atoms with Crippen molar-refractivity contribution in [1.29, 1.82) is 0 Å². The first-order chi connectivity index (χ1) is 10.9. The summed E-state index contributed by atoms with van der Waals surface area (Å²) in [4.78, 5) is 4.36. The fourth-order valence-corrected chi connectivity index (χ4v) is 2.38. The van der Waals surface area contributed by atoms with Crippen LogP contribution in [0.4, 0.5) is 13.2 Å². The fraction of sp³-hybridized carbons (Fsp3) is 0.176. The molecule has 0 atom stereocenters. The van der Waals surface area contributed by atoms with Gasteiger partial charge in [0.15, 0.2) is 5.82 Å². The van der Waals surface area contributed by atoms with Crippen LogP contribution in [0, 0.1) is 13.8 Å². The Balaban J connectivity index is 2.10. The summed E-state index contributed by atoms with van der Waals surface area (Å²) in [7, 11) is 0. The summed E-state index contributed by atoms with van der Waals surface area (Å²) in [5.41, 5.74) is 1.76. The van der Waals surface area contributed by atoms with Crippen molar-refractivity contribution in [1.82, 2.24) is 14.8 Å². The molecular formula is C17H14F3N3. The lowest BCUT2D eigenvalue weighted by Crippen LogP contribution is -2.05. The van der Waals surface area contributed by atoms with Gasteiger partial charge in [-0.05, 0) is 37.6 Å². The normalized spacial score (nSPS) is 11.7. The van der Waals surface area contributed by atoms with Gasteiger partial charge in [-0.25, -0.2) is 9.67 Å². The summed E-state index contributed by atoms with van der Waals surface area (Å²) in [5.74, 6) is 1.08. The molecule has 6 heteroatoms. The molecule has 0 saturated heterocycles. The van der Waals surface area contributed by atoms with Gasteiger partial charge in [-0.2, -0.15) is 18.3 Å². The predicted molar refractivity (Wildman–Crippen MR) is 81.3 cm³/mol. The average molecular weight is 317 g/mol. The van der Waals surface area contributed by atoms with E-state index in [0.717, 1.165) is 23.4 Å². The van der Waals surface area contributed by atoms with E-state index in [1.807, 2.05) is 31.2 Å². The van der Waals surface area contributed by atoms with Crippen LogP contribution in [0.15, 0.2) is 48.5 Å². The van der Waals surface area contributed by atoms with E-state index in [0.29, 0.717) is 17.2 Å². The monoisotopic (exact) mass is 317 g/mol. The minimum atomic E-state index is -4.35. The first kappa shape index (κ1) is 15.3. The zero-order chi connectivity index (χ0) is 16.6. The molecule has 1 heterocycles. The lowest BCUT2D eigenvalue weighted by molar-refractivity contribution is -0.137. The van der Waals surface area contributed by atoms with E-state index in [9.17, 15) is 13.2 Å². The molecule has 0 bridgehead atoms. The fourth-order valence-electron chi connectivity index (χ4n) is 2.38. The van der Waals surface area contributed by atoms with Gasteiger partial charge >= 0.3 is 6.18 Å². The van der Waals surface area contributed by atoms with E-state index in [4.69, 9.17) is 0 Å². The Morgan fingerprint density at radius 2 is 1.57 bits per heavy atom. The van der Waals surface area contributed by atoms with E-state index in [1.165, 1.54) is 12.1 Å². The Labute approximate surface area is 131 Å². The van der Waals surface area contributed by atoms with Crippen molar-refractivity contribution in [3.8, 4) is 17.1 Å². The van der Waals surface area contributed by atoms with Crippen molar-refractivity contribution in [2.24, 2.45) is 0 Å². The number of halogens is 3. The zero-order valence-corrected chi connectivity index (χ0v) is 12.6. The molecule has 0 aliphatic heterocycles. The second-order valence-electron chi connectivity index (χ2n) is 5.26. The van der Waals surface area contributed by atoms with Gasteiger partial charge in [0, 0.05) is 5.56 Å². The number of aryl methyl sites for hydroxylation is 2. The van der Waals surface area contributed by atoms with Crippen LogP contribution in [0.2, 0.25) is 0 Å². The Morgan fingerprint density at radius 1 is 0.913 bits per heavy atom. The molecule has 3 aromatic rings. The lowest BCUT2D eigenvalue weighted by Gasteiger charge is -2.10. The summed E-state index contributed by atoms with van der Waals surface area (Å²) >= 11 is 0. The van der Waals surface area contributed by atoms with Gasteiger partial charge in [0.25, 0.3) is 0 Å². The highest BCUT2D eigenvalue weighted by Crippen LogP contribution is 2.31. The Bertz CT molecular complexity index is 833. The predicted octanol–water partition coefficient (Wildman–Crippen LogP) is 4.57. The van der Waals surface area contributed by atoms with Crippen LogP contribution in [-0.4, -0.2) is 14.8 Å². The molecule has 3 nitrogen and oxygen atoms in total. The van der Waals surface area contributed by atoms with Gasteiger partial charge in [0.2, 0.25) is 0 Å². The van der Waals surface area contributed by atoms with Crippen LogP contribution in [0.1, 0.15) is 17.0 Å². The summed E-state index contributed by atoms with van der Waals surface area (Å²) < 4.78 is 39.7. The largest absolute Gasteiger partial charge is 0.416 e. The third kappa shape index (κ3) is 2.97. The smallest absolute Gasteiger partial charge is 0.213 e. The van der Waals surface area contributed by atoms with E-state index < -0.39 is 11.7 Å². The number of aromatic nitrogens is 3. The van der Waals surface area contributed by atoms with Gasteiger partial charge in [-0.3, -0.25) is 0 Å². The molecule has 0 radical (unpaired) electrons. The zero-order valence-electron chi connectivity index (χ0n) is 12.6. The van der Waals surface area contributed by atoms with Gasteiger partial charge in [0.05, 0.1) is 11.3 Å². The molecule has 0 saturated carbocycles. The molecule has 0 spiro atoms. The number of hydrogen-bond acceptors (Lipinski definition) is 2. The highest BCUT2D eigenvalue weighted by molar-refractivity contribution is 5.59. The van der Waals surface area contributed by atoms with Crippen molar-refractivity contribution >= 4 is 0 Å². The standard InChI is InChI=1S/C17H14F3N3/c1-11-5-3-4-6-15(11)23-16(21-12(2)22-23)13-7-9-14(10-8-13)17(18,19)20/h3-10H,1-2H3. The van der Waals surface area contributed by atoms with Gasteiger partial charge in [0.1, 0.15) is 5.82 Å². The molecule has 0 fully saturated rings. The quantitative estimate of drug-likeness (QED) is 0.693. The van der Waals surface area contributed by atoms with E-state index in [-0.39, 0.29) is 0 Å². The maximum Gasteiger partial charge on any atom is 0.416 e. The van der Waals surface area contributed by atoms with E-state index in [1.54, 1.807) is 11.6 Å². The van der Waals surface area contributed by atoms with Gasteiger partial charge < -0.3 is 0 Å². The Morgan fingerprint density at radius 3 is 2.17 bits per heavy atom. The SMILES string of the molecule is Cc1nc(-c2ccc(C(F)(F)F)cc2)n(-c2ccccc2C)n1. The van der Waals surface area contributed by atoms with Crippen molar-refractivity contribution in [2.75, 3.05) is 0 Å². The second kappa shape index (κ2) is 5.53. The Hall–Kier alpha value is -2.63. The molecule has 2 aromatic carbocycles. The van der Waals surface area contributed by atoms with Crippen molar-refractivity contribution in [2.45, 2.75) is 20.0 Å². The van der Waals surface area contributed by atoms with Crippen LogP contribution < -0.4 is 0 Å². The maximum atomic E-state index is 12.7. The first-order valence-electron chi connectivity index (χ1n) is 7.03. The van der Waals surface area contributed by atoms with Crippen molar-refractivity contribution in [3.05, 3.63) is 65.5 Å². The first-order valence-corrected chi connectivity index (χ1v) is 7.03. The number of hydrogen-bond donors (Lipinski definition) is 0. The molecule has 3 rings (SSSR count). The Kier molecular flexibility index (Phi) is 3.67. The van der Waals surface area contributed by atoms with E-state index >= 15 is 0 Å². The van der Waals surface area contributed by atoms with Gasteiger partial charge in [-0.1, -0.05) is 30.3 Å². The highest BCUT2D eigenvalue weighted by atomic mass is 19.4. The second-order valence-corrected chi connectivity index (χ2v) is 5.26. The van der Waals surface area contributed by atoms with Crippen LogP contribution in [-0.2, 0) is 6.18 Å². The maximum absolute atomic E-state index is 12.7. The molecular weight excluding hydrogens is 303 g/mol. The minimum absolute atomic E-state index is 0.519. The number of nitrogens with zero attached hydrogens (tertiary/aromatic N) is 3. The summed E-state index contributed by atoms with van der Waals surface area (Å²) in [6, 6.07) is 12.6. The summed E-state index contributed by atoms with van der Waals surface area (Å²) in [6.45, 7) is 3.70. The van der Waals surface area contributed by atoms with E-state index in [2.05, 4.69) is 10.1 Å². The third-order valence-corrected chi connectivity index (χ3v) is 3.53. The van der Waals surface area contributed by atoms with Crippen LogP contribution in [0.25, 0.3) is 17.1 Å².